The molecule has 3 aromatic carbocycles. The second-order valence-electron chi connectivity index (χ2n) is 6.32. The van der Waals surface area contributed by atoms with Crippen LogP contribution in [0.3, 0.4) is 0 Å². The Morgan fingerprint density at radius 2 is 1.81 bits per heavy atom. The first kappa shape index (κ1) is 15.5. The minimum Gasteiger partial charge on any atom is -0.448 e. The average Bonchev–Trinajstić information content (AvgIpc) is 3.09. The van der Waals surface area contributed by atoms with Crippen molar-refractivity contribution in [1.29, 1.82) is 0 Å². The largest absolute Gasteiger partial charge is 0.448 e. The van der Waals surface area contributed by atoms with E-state index in [2.05, 4.69) is 22.4 Å². The number of nitrogens with two attached hydrogens (primary N) is 1. The second kappa shape index (κ2) is 5.88. The number of urea groups is 1. The number of fused-ring (bicyclic) bond motifs is 4. The van der Waals surface area contributed by atoms with Crippen LogP contribution in [-0.4, -0.2) is 18.2 Å². The number of nitrogens with zero attached hydrogens (tertiary/aromatic N) is 1. The van der Waals surface area contributed by atoms with Crippen LogP contribution in [0.1, 0.15) is 11.1 Å². The lowest BCUT2D eigenvalue weighted by molar-refractivity contribution is 0.0381. The summed E-state index contributed by atoms with van der Waals surface area (Å²) in [6.45, 7) is 0. The number of benzene rings is 3. The molecule has 0 saturated carbocycles. The highest BCUT2D eigenvalue weighted by atomic mass is 16.7. The third-order valence-corrected chi connectivity index (χ3v) is 4.55. The predicted molar refractivity (Wildman–Crippen MR) is 104 cm³/mol. The van der Waals surface area contributed by atoms with Crippen molar-refractivity contribution in [3.05, 3.63) is 77.5 Å². The van der Waals surface area contributed by atoms with Gasteiger partial charge in [-0.25, -0.2) is 9.79 Å². The van der Waals surface area contributed by atoms with Crippen LogP contribution >= 0.6 is 0 Å². The lowest BCUT2D eigenvalue weighted by Crippen LogP contribution is -2.22. The smallest absolute Gasteiger partial charge is 0.316 e. The zero-order valence-electron chi connectivity index (χ0n) is 14.2. The fraction of sp³-hybridized carbons (Fsp3) is 0.0476. The Hall–Kier alpha value is -3.80. The molecule has 3 aromatic rings. The summed E-state index contributed by atoms with van der Waals surface area (Å²) in [6, 6.07) is 18.7. The fourth-order valence-corrected chi connectivity index (χ4v) is 3.30. The van der Waals surface area contributed by atoms with Gasteiger partial charge in [0.15, 0.2) is 0 Å². The normalized spacial score (nSPS) is 17.1. The predicted octanol–water partition coefficient (Wildman–Crippen LogP) is 3.87. The third kappa shape index (κ3) is 2.67. The van der Waals surface area contributed by atoms with E-state index in [1.807, 2.05) is 42.5 Å². The standard InChI is InChI=1S/C21H15N3O3/c22-21(25)23-14-8-5-13(6-9-14)19-24-17-11-16-15-4-2-1-3-12(15)7-10-18(16)26-20(17)27-19/h1-11,20H,(H3,22,23,25). The molecule has 27 heavy (non-hydrogen) atoms. The number of hydrogen-bond donors (Lipinski definition) is 2. The summed E-state index contributed by atoms with van der Waals surface area (Å²) >= 11 is 0. The van der Waals surface area contributed by atoms with E-state index in [4.69, 9.17) is 15.2 Å². The Morgan fingerprint density at radius 1 is 1.00 bits per heavy atom. The van der Waals surface area contributed by atoms with E-state index in [1.54, 1.807) is 12.1 Å². The van der Waals surface area contributed by atoms with Crippen molar-refractivity contribution in [1.82, 2.24) is 0 Å². The van der Waals surface area contributed by atoms with Gasteiger partial charge in [0.05, 0.1) is 0 Å². The molecule has 0 fully saturated rings. The number of ether oxygens (including phenoxy) is 2. The van der Waals surface area contributed by atoms with Gasteiger partial charge in [-0.1, -0.05) is 30.3 Å². The number of carbonyl (C=O) groups excluding carboxylic acids is 1. The molecule has 0 bridgehead atoms. The minimum absolute atomic E-state index is 0.481. The van der Waals surface area contributed by atoms with E-state index in [1.165, 1.54) is 0 Å². The highest BCUT2D eigenvalue weighted by Gasteiger charge is 2.32. The average molecular weight is 357 g/mol. The summed E-state index contributed by atoms with van der Waals surface area (Å²) in [6.07, 6.45) is 1.46. The molecular formula is C21H15N3O3. The van der Waals surface area contributed by atoms with Crippen LogP contribution in [0.4, 0.5) is 10.5 Å². The molecule has 2 aliphatic rings. The molecule has 0 aliphatic carbocycles. The molecule has 6 heteroatoms. The highest BCUT2D eigenvalue weighted by Crippen LogP contribution is 2.38. The SMILES string of the molecule is NC(=O)Nc1ccc(C2=NC3=Cc4c(ccc5ccccc45)OC3O2)cc1. The summed E-state index contributed by atoms with van der Waals surface area (Å²) in [5.41, 5.74) is 8.26. The Labute approximate surface area is 154 Å². The summed E-state index contributed by atoms with van der Waals surface area (Å²) in [4.78, 5) is 15.5. The van der Waals surface area contributed by atoms with Gasteiger partial charge in [0.2, 0.25) is 5.90 Å². The number of carbonyl (C=O) groups is 1. The molecule has 1 atom stereocenters. The summed E-state index contributed by atoms with van der Waals surface area (Å²) in [5, 5.41) is 4.79. The van der Waals surface area contributed by atoms with E-state index >= 15 is 0 Å². The van der Waals surface area contributed by atoms with Crippen LogP contribution in [0.5, 0.6) is 5.75 Å². The number of aliphatic imine (C=N–C) groups is 1. The van der Waals surface area contributed by atoms with Crippen LogP contribution < -0.4 is 15.8 Å². The zero-order valence-corrected chi connectivity index (χ0v) is 14.2. The maximum absolute atomic E-state index is 10.9. The van der Waals surface area contributed by atoms with Crippen molar-refractivity contribution in [2.75, 3.05) is 5.32 Å². The van der Waals surface area contributed by atoms with Gasteiger partial charge in [0.25, 0.3) is 6.29 Å². The van der Waals surface area contributed by atoms with Crippen molar-refractivity contribution in [3.8, 4) is 5.75 Å². The number of rotatable bonds is 2. The quantitative estimate of drug-likeness (QED) is 0.730. The molecule has 3 N–H and O–H groups in total. The first-order valence-electron chi connectivity index (χ1n) is 8.50. The van der Waals surface area contributed by atoms with Gasteiger partial charge >= 0.3 is 6.03 Å². The van der Waals surface area contributed by atoms with Crippen LogP contribution in [0, 0.1) is 0 Å². The van der Waals surface area contributed by atoms with Crippen LogP contribution in [0.2, 0.25) is 0 Å². The van der Waals surface area contributed by atoms with E-state index in [0.29, 0.717) is 11.6 Å². The Kier molecular flexibility index (Phi) is 3.36. The summed E-state index contributed by atoms with van der Waals surface area (Å²) < 4.78 is 11.9. The number of primary amides is 1. The van der Waals surface area contributed by atoms with Gasteiger partial charge in [-0.15, -0.1) is 0 Å². The molecule has 0 saturated heterocycles. The van der Waals surface area contributed by atoms with Crippen molar-refractivity contribution in [3.63, 3.8) is 0 Å². The van der Waals surface area contributed by atoms with Crippen molar-refractivity contribution >= 4 is 34.5 Å². The number of nitrogens with one attached hydrogen (secondary N) is 1. The topological polar surface area (TPSA) is 85.9 Å². The molecule has 2 heterocycles. The first-order valence-corrected chi connectivity index (χ1v) is 8.50. The van der Waals surface area contributed by atoms with Crippen LogP contribution in [0.25, 0.3) is 16.8 Å². The molecule has 2 amide bonds. The lowest BCUT2D eigenvalue weighted by Gasteiger charge is -2.21. The molecular weight excluding hydrogens is 342 g/mol. The molecule has 0 aromatic heterocycles. The van der Waals surface area contributed by atoms with Gasteiger partial charge in [-0.3, -0.25) is 0 Å². The van der Waals surface area contributed by atoms with Gasteiger partial charge in [-0.05, 0) is 47.2 Å². The summed E-state index contributed by atoms with van der Waals surface area (Å²) in [5.74, 6) is 1.26. The van der Waals surface area contributed by atoms with E-state index < -0.39 is 12.3 Å². The molecule has 5 rings (SSSR count). The minimum atomic E-state index is -0.605. The molecule has 6 nitrogen and oxygen atoms in total. The molecule has 0 radical (unpaired) electrons. The van der Waals surface area contributed by atoms with Gasteiger partial charge in [0.1, 0.15) is 11.4 Å². The second-order valence-corrected chi connectivity index (χ2v) is 6.32. The fourth-order valence-electron chi connectivity index (χ4n) is 3.30. The zero-order chi connectivity index (χ0) is 18.4. The maximum Gasteiger partial charge on any atom is 0.316 e. The van der Waals surface area contributed by atoms with Crippen LogP contribution in [-0.2, 0) is 4.74 Å². The number of anilines is 1. The monoisotopic (exact) mass is 357 g/mol. The van der Waals surface area contributed by atoms with Gasteiger partial charge < -0.3 is 20.5 Å². The Bertz CT molecular complexity index is 1130. The van der Waals surface area contributed by atoms with E-state index in [0.717, 1.165) is 33.3 Å². The first-order chi connectivity index (χ1) is 13.2. The maximum atomic E-state index is 10.9. The summed E-state index contributed by atoms with van der Waals surface area (Å²) in [7, 11) is 0. The third-order valence-electron chi connectivity index (χ3n) is 4.55. The molecule has 2 aliphatic heterocycles. The van der Waals surface area contributed by atoms with Crippen molar-refractivity contribution in [2.45, 2.75) is 6.29 Å². The Balaban J connectivity index is 1.50. The Morgan fingerprint density at radius 3 is 2.63 bits per heavy atom. The van der Waals surface area contributed by atoms with Crippen LogP contribution in [0.15, 0.2) is 71.4 Å². The van der Waals surface area contributed by atoms with Crippen molar-refractivity contribution in [2.24, 2.45) is 10.7 Å². The van der Waals surface area contributed by atoms with Gasteiger partial charge in [-0.2, -0.15) is 0 Å². The van der Waals surface area contributed by atoms with E-state index in [9.17, 15) is 4.79 Å². The molecule has 1 unspecified atom stereocenters. The van der Waals surface area contributed by atoms with Crippen molar-refractivity contribution < 1.29 is 14.3 Å². The number of hydrogen-bond acceptors (Lipinski definition) is 4. The molecule has 132 valence electrons. The van der Waals surface area contributed by atoms with Gasteiger partial charge in [0, 0.05) is 16.8 Å². The lowest BCUT2D eigenvalue weighted by atomic mass is 10.0. The molecule has 0 spiro atoms. The number of amides is 2. The van der Waals surface area contributed by atoms with E-state index in [-0.39, 0.29) is 0 Å². The highest BCUT2D eigenvalue weighted by molar-refractivity contribution is 5.99.